The minimum absolute atomic E-state index is 0.273. The minimum Gasteiger partial charge on any atom is -0.504 e. The summed E-state index contributed by atoms with van der Waals surface area (Å²) in [6.45, 7) is 3.20. The van der Waals surface area contributed by atoms with Crippen LogP contribution in [-0.4, -0.2) is 29.3 Å². The van der Waals surface area contributed by atoms with Gasteiger partial charge in [0.25, 0.3) is 0 Å². The van der Waals surface area contributed by atoms with Crippen LogP contribution in [0.2, 0.25) is 0 Å². The Morgan fingerprint density at radius 1 is 1.50 bits per heavy atom. The summed E-state index contributed by atoms with van der Waals surface area (Å²) >= 11 is 2.00. The molecule has 3 nitrogen and oxygen atoms in total. The van der Waals surface area contributed by atoms with Gasteiger partial charge in [0.1, 0.15) is 0 Å². The van der Waals surface area contributed by atoms with E-state index >= 15 is 0 Å². The number of hydrogen-bond acceptors (Lipinski definition) is 4. The largest absolute Gasteiger partial charge is 0.504 e. The molecule has 0 amide bonds. The first-order valence-electron chi connectivity index (χ1n) is 6.56. The van der Waals surface area contributed by atoms with Crippen molar-refractivity contribution >= 4 is 11.8 Å². The molecule has 4 heteroatoms. The minimum atomic E-state index is 0.273. The lowest BCUT2D eigenvalue weighted by atomic mass is 10.1. The highest BCUT2D eigenvalue weighted by Crippen LogP contribution is 2.30. The summed E-state index contributed by atoms with van der Waals surface area (Å²) in [6, 6.07) is 6.25. The number of hydrogen-bond donors (Lipinski definition) is 2. The molecule has 1 aromatic rings. The number of benzene rings is 1. The van der Waals surface area contributed by atoms with Gasteiger partial charge in [-0.3, -0.25) is 0 Å². The van der Waals surface area contributed by atoms with E-state index in [1.54, 1.807) is 6.07 Å². The van der Waals surface area contributed by atoms with Crippen LogP contribution in [0.4, 0.5) is 0 Å². The lowest BCUT2D eigenvalue weighted by Gasteiger charge is -2.23. The molecule has 1 unspecified atom stereocenters. The average Bonchev–Trinajstić information content (AvgIpc) is 2.41. The maximum absolute atomic E-state index is 10.1. The van der Waals surface area contributed by atoms with Crippen molar-refractivity contribution in [2.75, 3.05) is 18.1 Å². The van der Waals surface area contributed by atoms with E-state index < -0.39 is 0 Å². The van der Waals surface area contributed by atoms with Crippen molar-refractivity contribution in [1.29, 1.82) is 0 Å². The molecule has 0 aliphatic carbocycles. The Labute approximate surface area is 113 Å². The highest BCUT2D eigenvalue weighted by molar-refractivity contribution is 7.99. The molecule has 1 aromatic carbocycles. The summed E-state index contributed by atoms with van der Waals surface area (Å²) in [5.74, 6) is 3.31. The molecule has 1 saturated heterocycles. The van der Waals surface area contributed by atoms with E-state index in [0.29, 0.717) is 24.9 Å². The molecule has 0 saturated carbocycles. The molecular formula is C14H21NO2S. The molecule has 1 fully saturated rings. The Morgan fingerprint density at radius 3 is 3.11 bits per heavy atom. The van der Waals surface area contributed by atoms with Gasteiger partial charge < -0.3 is 15.2 Å². The highest BCUT2D eigenvalue weighted by atomic mass is 32.2. The number of para-hydroxylation sites is 1. The topological polar surface area (TPSA) is 41.5 Å². The third-order valence-electron chi connectivity index (χ3n) is 3.12. The maximum Gasteiger partial charge on any atom is 0.162 e. The molecule has 0 aromatic heterocycles. The van der Waals surface area contributed by atoms with Crippen LogP contribution < -0.4 is 10.1 Å². The first-order chi connectivity index (χ1) is 8.81. The predicted octanol–water partition coefficient (Wildman–Crippen LogP) is 2.78. The smallest absolute Gasteiger partial charge is 0.162 e. The van der Waals surface area contributed by atoms with E-state index in [2.05, 4.69) is 5.32 Å². The zero-order valence-electron chi connectivity index (χ0n) is 10.8. The summed E-state index contributed by atoms with van der Waals surface area (Å²) in [6.07, 6.45) is 2.52. The van der Waals surface area contributed by atoms with Gasteiger partial charge in [0, 0.05) is 23.9 Å². The second kappa shape index (κ2) is 6.90. The second-order valence-electron chi connectivity index (χ2n) is 4.49. The lowest BCUT2D eigenvalue weighted by Crippen LogP contribution is -2.33. The van der Waals surface area contributed by atoms with Crippen molar-refractivity contribution in [2.24, 2.45) is 0 Å². The molecule has 1 aliphatic heterocycles. The van der Waals surface area contributed by atoms with Crippen LogP contribution in [0.1, 0.15) is 25.3 Å². The van der Waals surface area contributed by atoms with Crippen molar-refractivity contribution in [3.05, 3.63) is 23.8 Å². The Kier molecular flexibility index (Phi) is 5.20. The SMILES string of the molecule is CCOc1cccc(CNC2CCCSC2)c1O. The highest BCUT2D eigenvalue weighted by Gasteiger charge is 2.14. The molecule has 2 N–H and O–H groups in total. The summed E-state index contributed by atoms with van der Waals surface area (Å²) in [5, 5.41) is 13.6. The quantitative estimate of drug-likeness (QED) is 0.861. The number of rotatable bonds is 5. The van der Waals surface area contributed by atoms with Crippen LogP contribution >= 0.6 is 11.8 Å². The van der Waals surface area contributed by atoms with E-state index in [1.807, 2.05) is 30.8 Å². The molecule has 1 heterocycles. The van der Waals surface area contributed by atoms with Crippen LogP contribution in [0.3, 0.4) is 0 Å². The van der Waals surface area contributed by atoms with E-state index in [4.69, 9.17) is 4.74 Å². The summed E-state index contributed by atoms with van der Waals surface area (Å²) in [5.41, 5.74) is 0.913. The number of phenols is 1. The van der Waals surface area contributed by atoms with Crippen LogP contribution in [0.25, 0.3) is 0 Å². The van der Waals surface area contributed by atoms with Gasteiger partial charge in [-0.1, -0.05) is 12.1 Å². The molecule has 0 bridgehead atoms. The fraction of sp³-hybridized carbons (Fsp3) is 0.571. The van der Waals surface area contributed by atoms with Gasteiger partial charge in [0.15, 0.2) is 11.5 Å². The first-order valence-corrected chi connectivity index (χ1v) is 7.71. The van der Waals surface area contributed by atoms with Crippen LogP contribution in [0, 0.1) is 0 Å². The van der Waals surface area contributed by atoms with Gasteiger partial charge in [-0.25, -0.2) is 0 Å². The van der Waals surface area contributed by atoms with E-state index in [0.717, 1.165) is 5.56 Å². The predicted molar refractivity (Wildman–Crippen MR) is 76.5 cm³/mol. The van der Waals surface area contributed by atoms with Crippen molar-refractivity contribution in [3.8, 4) is 11.5 Å². The average molecular weight is 267 g/mol. The normalized spacial score (nSPS) is 19.7. The van der Waals surface area contributed by atoms with Gasteiger partial charge in [-0.2, -0.15) is 11.8 Å². The molecule has 0 spiro atoms. The lowest BCUT2D eigenvalue weighted by molar-refractivity contribution is 0.316. The molecular weight excluding hydrogens is 246 g/mol. The fourth-order valence-electron chi connectivity index (χ4n) is 2.14. The monoisotopic (exact) mass is 267 g/mol. The number of thioether (sulfide) groups is 1. The zero-order chi connectivity index (χ0) is 12.8. The van der Waals surface area contributed by atoms with E-state index in [9.17, 15) is 5.11 Å². The fourth-order valence-corrected chi connectivity index (χ4v) is 3.24. The molecule has 1 atom stereocenters. The maximum atomic E-state index is 10.1. The van der Waals surface area contributed by atoms with Crippen molar-refractivity contribution in [3.63, 3.8) is 0 Å². The van der Waals surface area contributed by atoms with Crippen molar-refractivity contribution < 1.29 is 9.84 Å². The Bertz CT molecular complexity index is 378. The summed E-state index contributed by atoms with van der Waals surface area (Å²) in [4.78, 5) is 0. The van der Waals surface area contributed by atoms with Gasteiger partial charge in [0.05, 0.1) is 6.61 Å². The standard InChI is InChI=1S/C14H21NO2S/c1-2-17-13-7-3-5-11(14(13)16)9-15-12-6-4-8-18-10-12/h3,5,7,12,15-16H,2,4,6,8-10H2,1H3. The number of nitrogens with one attached hydrogen (secondary N) is 1. The first kappa shape index (κ1) is 13.6. The molecule has 2 rings (SSSR count). The third kappa shape index (κ3) is 3.56. The summed E-state index contributed by atoms with van der Waals surface area (Å²) < 4.78 is 5.39. The molecule has 100 valence electrons. The number of aromatic hydroxyl groups is 1. The number of ether oxygens (including phenoxy) is 1. The van der Waals surface area contributed by atoms with Gasteiger partial charge in [-0.05, 0) is 31.6 Å². The van der Waals surface area contributed by atoms with Crippen molar-refractivity contribution in [2.45, 2.75) is 32.4 Å². The molecule has 18 heavy (non-hydrogen) atoms. The van der Waals surface area contributed by atoms with Gasteiger partial charge >= 0.3 is 0 Å². The summed E-state index contributed by atoms with van der Waals surface area (Å²) in [7, 11) is 0. The Balaban J connectivity index is 1.93. The van der Waals surface area contributed by atoms with E-state index in [-0.39, 0.29) is 5.75 Å². The third-order valence-corrected chi connectivity index (χ3v) is 4.34. The van der Waals surface area contributed by atoms with Crippen LogP contribution in [-0.2, 0) is 6.54 Å². The van der Waals surface area contributed by atoms with Crippen LogP contribution in [0.5, 0.6) is 11.5 Å². The Hall–Kier alpha value is -0.870. The zero-order valence-corrected chi connectivity index (χ0v) is 11.6. The molecule has 0 radical (unpaired) electrons. The Morgan fingerprint density at radius 2 is 2.39 bits per heavy atom. The van der Waals surface area contributed by atoms with Gasteiger partial charge in [0.2, 0.25) is 0 Å². The molecule has 1 aliphatic rings. The second-order valence-corrected chi connectivity index (χ2v) is 5.64. The van der Waals surface area contributed by atoms with Gasteiger partial charge in [-0.15, -0.1) is 0 Å². The van der Waals surface area contributed by atoms with Crippen molar-refractivity contribution in [1.82, 2.24) is 5.32 Å². The van der Waals surface area contributed by atoms with E-state index in [1.165, 1.54) is 24.3 Å². The van der Waals surface area contributed by atoms with Crippen LogP contribution in [0.15, 0.2) is 18.2 Å². The number of phenolic OH excluding ortho intramolecular Hbond substituents is 1.